The first-order valence-corrected chi connectivity index (χ1v) is 24.0. The molecule has 0 bridgehead atoms. The quantitative estimate of drug-likeness (QED) is 0.0369. The molecule has 0 aromatic carbocycles. The fourth-order valence-electron chi connectivity index (χ4n) is 7.63. The molecule has 0 heterocycles. The van der Waals surface area contributed by atoms with Gasteiger partial charge in [0.15, 0.2) is 0 Å². The van der Waals surface area contributed by atoms with E-state index in [4.69, 9.17) is 0 Å². The molecule has 0 spiro atoms. The van der Waals surface area contributed by atoms with Crippen molar-refractivity contribution < 1.29 is 20.1 Å². The normalized spacial score (nSPS) is 13.5. The first-order chi connectivity index (χ1) is 26.1. The van der Waals surface area contributed by atoms with Gasteiger partial charge >= 0.3 is 0 Å². The Morgan fingerprint density at radius 1 is 0.453 bits per heavy atom. The average Bonchev–Trinajstić information content (AvgIpc) is 3.16. The molecule has 5 nitrogen and oxygen atoms in total. The second-order valence-corrected chi connectivity index (χ2v) is 16.7. The smallest absolute Gasteiger partial charge is 0.220 e. The highest BCUT2D eigenvalue weighted by Gasteiger charge is 2.26. The van der Waals surface area contributed by atoms with E-state index in [0.717, 1.165) is 38.5 Å². The minimum absolute atomic E-state index is 0.150. The van der Waals surface area contributed by atoms with Gasteiger partial charge in [-0.3, -0.25) is 4.79 Å². The minimum atomic E-state index is -1.15. The number of aliphatic hydroxyl groups excluding tert-OH is 3. The van der Waals surface area contributed by atoms with Crippen molar-refractivity contribution in [2.45, 2.75) is 283 Å². The molecule has 1 amide bonds. The Morgan fingerprint density at radius 3 is 1.09 bits per heavy atom. The molecule has 0 fully saturated rings. The van der Waals surface area contributed by atoms with Gasteiger partial charge in [0, 0.05) is 6.42 Å². The molecule has 0 aliphatic carbocycles. The van der Waals surface area contributed by atoms with E-state index in [1.807, 2.05) is 0 Å². The Labute approximate surface area is 331 Å². The van der Waals surface area contributed by atoms with Crippen molar-refractivity contribution >= 4 is 5.91 Å². The molecule has 3 atom stereocenters. The predicted octanol–water partition coefficient (Wildman–Crippen LogP) is 14.0. The van der Waals surface area contributed by atoms with Crippen LogP contribution in [0.2, 0.25) is 0 Å². The number of amides is 1. The Balaban J connectivity index is 3.59. The van der Waals surface area contributed by atoms with E-state index >= 15 is 0 Å². The van der Waals surface area contributed by atoms with Crippen molar-refractivity contribution in [2.24, 2.45) is 0 Å². The highest BCUT2D eigenvalue weighted by atomic mass is 16.3. The van der Waals surface area contributed by atoms with Crippen LogP contribution in [0.3, 0.4) is 0 Å². The van der Waals surface area contributed by atoms with Gasteiger partial charge in [0.25, 0.3) is 0 Å². The third-order valence-electron chi connectivity index (χ3n) is 11.4. The summed E-state index contributed by atoms with van der Waals surface area (Å²) < 4.78 is 0. The van der Waals surface area contributed by atoms with E-state index in [1.54, 1.807) is 0 Å². The molecule has 0 saturated heterocycles. The zero-order valence-electron chi connectivity index (χ0n) is 35.9. The van der Waals surface area contributed by atoms with Crippen LogP contribution in [-0.2, 0) is 4.79 Å². The second-order valence-electron chi connectivity index (χ2n) is 16.7. The summed E-state index contributed by atoms with van der Waals surface area (Å²) in [4.78, 5) is 12.4. The Hall–Kier alpha value is -0.910. The van der Waals surface area contributed by atoms with Crippen LogP contribution in [0.1, 0.15) is 264 Å². The van der Waals surface area contributed by atoms with Crippen molar-refractivity contribution in [3.05, 3.63) is 12.2 Å². The Morgan fingerprint density at radius 2 is 0.755 bits per heavy atom. The average molecular weight is 750 g/mol. The molecule has 316 valence electrons. The lowest BCUT2D eigenvalue weighted by Gasteiger charge is -2.26. The molecular weight excluding hydrogens is 655 g/mol. The van der Waals surface area contributed by atoms with E-state index in [-0.39, 0.29) is 12.5 Å². The number of allylic oxidation sites excluding steroid dienone is 2. The molecule has 0 aromatic heterocycles. The van der Waals surface area contributed by atoms with E-state index in [0.29, 0.717) is 12.8 Å². The van der Waals surface area contributed by atoms with Gasteiger partial charge in [-0.05, 0) is 38.5 Å². The molecule has 0 saturated carbocycles. The molecule has 3 unspecified atom stereocenters. The zero-order chi connectivity index (χ0) is 38.7. The summed E-state index contributed by atoms with van der Waals surface area (Å²) in [6, 6.07) is -0.821. The molecule has 0 aliphatic rings. The number of carbonyl (C=O) groups excluding carboxylic acids is 1. The van der Waals surface area contributed by atoms with Gasteiger partial charge in [0.05, 0.1) is 18.8 Å². The Kier molecular flexibility index (Phi) is 43.1. The molecule has 0 radical (unpaired) electrons. The minimum Gasteiger partial charge on any atom is -0.394 e. The zero-order valence-corrected chi connectivity index (χ0v) is 35.9. The topological polar surface area (TPSA) is 89.8 Å². The van der Waals surface area contributed by atoms with Gasteiger partial charge in [0.2, 0.25) is 5.91 Å². The maximum absolute atomic E-state index is 12.4. The van der Waals surface area contributed by atoms with E-state index in [9.17, 15) is 20.1 Å². The van der Waals surface area contributed by atoms with Gasteiger partial charge in [-0.25, -0.2) is 0 Å². The van der Waals surface area contributed by atoms with E-state index in [2.05, 4.69) is 31.3 Å². The highest BCUT2D eigenvalue weighted by Crippen LogP contribution is 2.17. The van der Waals surface area contributed by atoms with Crippen LogP contribution in [0.15, 0.2) is 12.2 Å². The monoisotopic (exact) mass is 750 g/mol. The molecule has 0 aliphatic heterocycles. The maximum atomic E-state index is 12.4. The van der Waals surface area contributed by atoms with Gasteiger partial charge < -0.3 is 20.6 Å². The summed E-state index contributed by atoms with van der Waals surface area (Å²) in [7, 11) is 0. The Bertz CT molecular complexity index is 743. The summed E-state index contributed by atoms with van der Waals surface area (Å²) in [5.41, 5.74) is 0. The van der Waals surface area contributed by atoms with Crippen LogP contribution in [0.4, 0.5) is 0 Å². The number of aliphatic hydroxyl groups is 3. The highest BCUT2D eigenvalue weighted by molar-refractivity contribution is 5.76. The fraction of sp³-hybridized carbons (Fsp3) is 0.938. The lowest BCUT2D eigenvalue weighted by Crippen LogP contribution is -2.50. The number of nitrogens with one attached hydrogen (secondary N) is 1. The van der Waals surface area contributed by atoms with Crippen molar-refractivity contribution in [2.75, 3.05) is 6.61 Å². The molecule has 53 heavy (non-hydrogen) atoms. The predicted molar refractivity (Wildman–Crippen MR) is 232 cm³/mol. The molecule has 5 heteroatoms. The molecule has 4 N–H and O–H groups in total. The number of hydrogen-bond donors (Lipinski definition) is 4. The largest absolute Gasteiger partial charge is 0.394 e. The van der Waals surface area contributed by atoms with Crippen LogP contribution < -0.4 is 5.32 Å². The number of carbonyl (C=O) groups is 1. The lowest BCUT2D eigenvalue weighted by molar-refractivity contribution is -0.124. The maximum Gasteiger partial charge on any atom is 0.220 e. The summed E-state index contributed by atoms with van der Waals surface area (Å²) in [5.74, 6) is -0.150. The summed E-state index contributed by atoms with van der Waals surface area (Å²) in [6.07, 6.45) is 52.0. The van der Waals surface area contributed by atoms with Crippen LogP contribution in [-0.4, -0.2) is 46.1 Å². The second kappa shape index (κ2) is 43.8. The first kappa shape index (κ1) is 52.1. The van der Waals surface area contributed by atoms with Crippen LogP contribution in [0, 0.1) is 0 Å². The first-order valence-electron chi connectivity index (χ1n) is 24.0. The van der Waals surface area contributed by atoms with Crippen LogP contribution in [0.25, 0.3) is 0 Å². The molecular formula is C48H95NO4. The van der Waals surface area contributed by atoms with Gasteiger partial charge in [0.1, 0.15) is 6.10 Å². The summed E-state index contributed by atoms with van der Waals surface area (Å²) in [5, 5.41) is 33.6. The van der Waals surface area contributed by atoms with Crippen LogP contribution in [0.5, 0.6) is 0 Å². The van der Waals surface area contributed by atoms with Crippen molar-refractivity contribution in [1.29, 1.82) is 0 Å². The summed E-state index contributed by atoms with van der Waals surface area (Å²) >= 11 is 0. The SMILES string of the molecule is CCCCCCCCCCCCCCCCCCCCC/C=C/CCCC(O)C(O)C(CO)NC(=O)CCCCCCCCCCCCCCCCC. The number of hydrogen-bond acceptors (Lipinski definition) is 4. The van der Waals surface area contributed by atoms with Crippen molar-refractivity contribution in [3.8, 4) is 0 Å². The van der Waals surface area contributed by atoms with Crippen molar-refractivity contribution in [3.63, 3.8) is 0 Å². The third-order valence-corrected chi connectivity index (χ3v) is 11.4. The van der Waals surface area contributed by atoms with E-state index in [1.165, 1.54) is 199 Å². The van der Waals surface area contributed by atoms with Gasteiger partial charge in [-0.15, -0.1) is 0 Å². The third kappa shape index (κ3) is 39.1. The van der Waals surface area contributed by atoms with E-state index < -0.39 is 18.2 Å². The number of rotatable bonds is 44. The standard InChI is InChI=1S/C48H95NO4/c1-3-5-7-9-11-13-15-17-19-20-21-22-23-24-25-26-27-29-30-32-34-36-38-40-42-46(51)48(53)45(44-50)49-47(52)43-41-39-37-35-33-31-28-18-16-14-12-10-8-6-4-2/h34,36,45-46,48,50-51,53H,3-33,35,37-44H2,1-2H3,(H,49,52)/b36-34+. The van der Waals surface area contributed by atoms with Gasteiger partial charge in [-0.1, -0.05) is 231 Å². The lowest BCUT2D eigenvalue weighted by atomic mass is 10.0. The van der Waals surface area contributed by atoms with Crippen LogP contribution >= 0.6 is 0 Å². The molecule has 0 rings (SSSR count). The number of unbranched alkanes of at least 4 members (excludes halogenated alkanes) is 34. The molecule has 0 aromatic rings. The van der Waals surface area contributed by atoms with Crippen molar-refractivity contribution in [1.82, 2.24) is 5.32 Å². The fourth-order valence-corrected chi connectivity index (χ4v) is 7.63. The summed E-state index contributed by atoms with van der Waals surface area (Å²) in [6.45, 7) is 4.19. The van der Waals surface area contributed by atoms with Gasteiger partial charge in [-0.2, -0.15) is 0 Å².